The van der Waals surface area contributed by atoms with Gasteiger partial charge in [0.1, 0.15) is 0 Å². The van der Waals surface area contributed by atoms with Gasteiger partial charge in [0.25, 0.3) is 0 Å². The first-order chi connectivity index (χ1) is 8.36. The molecule has 0 aromatic rings. The van der Waals surface area contributed by atoms with E-state index in [2.05, 4.69) is 4.90 Å². The highest BCUT2D eigenvalue weighted by atomic mass is 33.1. The van der Waals surface area contributed by atoms with Crippen molar-refractivity contribution in [3.8, 4) is 0 Å². The Hall–Kier alpha value is 0.520. The number of unbranched alkanes of at least 4 members (excludes halogenated alkanes) is 1. The highest BCUT2D eigenvalue weighted by molar-refractivity contribution is 8.77. The van der Waals surface area contributed by atoms with E-state index in [0.29, 0.717) is 5.91 Å². The van der Waals surface area contributed by atoms with Gasteiger partial charge in [-0.2, -0.15) is 11.8 Å². The number of thioether (sulfide) groups is 1. The molecule has 0 radical (unpaired) electrons. The maximum Gasteiger partial charge on any atom is 0.222 e. The Morgan fingerprint density at radius 3 is 2.71 bits per heavy atom. The van der Waals surface area contributed by atoms with E-state index >= 15 is 0 Å². The molecule has 1 atom stereocenters. The molecule has 0 bridgehead atoms. The van der Waals surface area contributed by atoms with E-state index in [-0.39, 0.29) is 0 Å². The van der Waals surface area contributed by atoms with Crippen molar-refractivity contribution in [2.45, 2.75) is 37.4 Å². The van der Waals surface area contributed by atoms with Crippen molar-refractivity contribution >= 4 is 39.3 Å². The highest BCUT2D eigenvalue weighted by Crippen LogP contribution is 2.39. The smallest absolute Gasteiger partial charge is 0.222 e. The monoisotopic (exact) mass is 291 g/mol. The maximum atomic E-state index is 11.9. The van der Waals surface area contributed by atoms with Crippen LogP contribution in [-0.2, 0) is 4.79 Å². The predicted molar refractivity (Wildman–Crippen MR) is 80.8 cm³/mol. The Morgan fingerprint density at radius 2 is 2.00 bits per heavy atom. The van der Waals surface area contributed by atoms with E-state index in [0.717, 1.165) is 42.7 Å². The molecule has 0 aromatic heterocycles. The zero-order valence-electron chi connectivity index (χ0n) is 10.2. The first kappa shape index (κ1) is 13.9. The van der Waals surface area contributed by atoms with Gasteiger partial charge in [-0.25, -0.2) is 0 Å². The molecule has 5 heteroatoms. The third kappa shape index (κ3) is 4.95. The number of carbonyl (C=O) groups excluding carboxylic acids is 1. The standard InChI is InChI=1S/C12H21NOS3/c14-12(13-6-9-15-10-7-13)4-2-1-3-11-5-8-16-17-11/h11H,1-10H2/t11-/m1/s1. The molecule has 98 valence electrons. The summed E-state index contributed by atoms with van der Waals surface area (Å²) in [4.78, 5) is 14.0. The molecule has 0 unspecified atom stereocenters. The van der Waals surface area contributed by atoms with E-state index < -0.39 is 0 Å². The van der Waals surface area contributed by atoms with Gasteiger partial charge in [0, 0.05) is 42.0 Å². The lowest BCUT2D eigenvalue weighted by atomic mass is 10.1. The van der Waals surface area contributed by atoms with Crippen LogP contribution in [0.15, 0.2) is 0 Å². The summed E-state index contributed by atoms with van der Waals surface area (Å²) in [6.07, 6.45) is 5.76. The van der Waals surface area contributed by atoms with Crippen LogP contribution in [0.3, 0.4) is 0 Å². The maximum absolute atomic E-state index is 11.9. The summed E-state index contributed by atoms with van der Waals surface area (Å²) in [7, 11) is 4.06. The quantitative estimate of drug-likeness (QED) is 0.572. The number of hydrogen-bond donors (Lipinski definition) is 0. The van der Waals surface area contributed by atoms with Crippen molar-refractivity contribution in [2.24, 2.45) is 0 Å². The van der Waals surface area contributed by atoms with Crippen LogP contribution in [0.5, 0.6) is 0 Å². The summed E-state index contributed by atoms with van der Waals surface area (Å²) in [6, 6.07) is 0. The molecule has 0 N–H and O–H groups in total. The molecule has 2 aliphatic rings. The minimum Gasteiger partial charge on any atom is -0.341 e. The van der Waals surface area contributed by atoms with Crippen molar-refractivity contribution in [1.29, 1.82) is 0 Å². The molecule has 0 aromatic carbocycles. The molecule has 17 heavy (non-hydrogen) atoms. The van der Waals surface area contributed by atoms with Crippen LogP contribution < -0.4 is 0 Å². The Morgan fingerprint density at radius 1 is 1.18 bits per heavy atom. The van der Waals surface area contributed by atoms with Gasteiger partial charge in [-0.1, -0.05) is 28.0 Å². The first-order valence-corrected chi connectivity index (χ1v) is 10.0. The van der Waals surface area contributed by atoms with Crippen LogP contribution in [0, 0.1) is 0 Å². The van der Waals surface area contributed by atoms with Crippen molar-refractivity contribution in [3.63, 3.8) is 0 Å². The zero-order valence-corrected chi connectivity index (χ0v) is 12.7. The van der Waals surface area contributed by atoms with E-state index in [1.54, 1.807) is 0 Å². The molecule has 2 saturated heterocycles. The van der Waals surface area contributed by atoms with Crippen LogP contribution >= 0.6 is 33.3 Å². The van der Waals surface area contributed by atoms with Gasteiger partial charge in [0.2, 0.25) is 5.91 Å². The molecule has 2 heterocycles. The Balaban J connectivity index is 1.53. The van der Waals surface area contributed by atoms with Gasteiger partial charge >= 0.3 is 0 Å². The summed E-state index contributed by atoms with van der Waals surface area (Å²) in [5, 5.41) is 0.862. The summed E-state index contributed by atoms with van der Waals surface area (Å²) in [5.41, 5.74) is 0. The predicted octanol–water partition coefficient (Wildman–Crippen LogP) is 3.28. The third-order valence-electron chi connectivity index (χ3n) is 3.26. The minimum atomic E-state index is 0.388. The second-order valence-electron chi connectivity index (χ2n) is 4.57. The van der Waals surface area contributed by atoms with Crippen LogP contribution in [0.4, 0.5) is 0 Å². The number of rotatable bonds is 5. The Kier molecular flexibility index (Phi) is 6.43. The van der Waals surface area contributed by atoms with Crippen LogP contribution in [0.2, 0.25) is 0 Å². The van der Waals surface area contributed by atoms with Gasteiger partial charge in [-0.15, -0.1) is 0 Å². The average molecular weight is 292 g/mol. The fourth-order valence-corrected chi connectivity index (χ4v) is 6.11. The van der Waals surface area contributed by atoms with Crippen molar-refractivity contribution in [3.05, 3.63) is 0 Å². The van der Waals surface area contributed by atoms with Gasteiger partial charge in [0.05, 0.1) is 0 Å². The fraction of sp³-hybridized carbons (Fsp3) is 0.917. The second kappa shape index (κ2) is 7.85. The molecule has 0 spiro atoms. The van der Waals surface area contributed by atoms with Crippen LogP contribution in [0.1, 0.15) is 32.1 Å². The van der Waals surface area contributed by atoms with Crippen LogP contribution in [-0.4, -0.2) is 46.4 Å². The van der Waals surface area contributed by atoms with Gasteiger partial charge < -0.3 is 4.90 Å². The number of hydrogen-bond acceptors (Lipinski definition) is 4. The molecular formula is C12H21NOS3. The molecule has 2 nitrogen and oxygen atoms in total. The van der Waals surface area contributed by atoms with E-state index in [4.69, 9.17) is 0 Å². The normalized spacial score (nSPS) is 25.2. The van der Waals surface area contributed by atoms with E-state index in [1.165, 1.54) is 25.0 Å². The minimum absolute atomic E-state index is 0.388. The van der Waals surface area contributed by atoms with Gasteiger partial charge in [0.15, 0.2) is 0 Å². The lowest BCUT2D eigenvalue weighted by molar-refractivity contribution is -0.130. The third-order valence-corrected chi connectivity index (χ3v) is 7.21. The average Bonchev–Trinajstić information content (AvgIpc) is 2.88. The first-order valence-electron chi connectivity index (χ1n) is 6.50. The SMILES string of the molecule is O=C(CCCC[C@@H]1CCSS1)N1CCSCC1. The van der Waals surface area contributed by atoms with Crippen LogP contribution in [0.25, 0.3) is 0 Å². The summed E-state index contributed by atoms with van der Waals surface area (Å²) < 4.78 is 0. The largest absolute Gasteiger partial charge is 0.341 e. The topological polar surface area (TPSA) is 20.3 Å². The molecule has 0 aliphatic carbocycles. The van der Waals surface area contributed by atoms with Gasteiger partial charge in [-0.3, -0.25) is 4.79 Å². The lowest BCUT2D eigenvalue weighted by Crippen LogP contribution is -2.37. The zero-order chi connectivity index (χ0) is 11.9. The Bertz CT molecular complexity index is 238. The summed E-state index contributed by atoms with van der Waals surface area (Å²) in [6.45, 7) is 1.94. The second-order valence-corrected chi connectivity index (χ2v) is 8.58. The number of amides is 1. The number of carbonyl (C=O) groups is 1. The van der Waals surface area contributed by atoms with Crippen molar-refractivity contribution in [1.82, 2.24) is 4.90 Å². The molecular weight excluding hydrogens is 270 g/mol. The van der Waals surface area contributed by atoms with Crippen molar-refractivity contribution in [2.75, 3.05) is 30.3 Å². The van der Waals surface area contributed by atoms with E-state index in [1.807, 2.05) is 33.3 Å². The molecule has 0 saturated carbocycles. The van der Waals surface area contributed by atoms with E-state index in [9.17, 15) is 4.79 Å². The molecule has 1 amide bonds. The highest BCUT2D eigenvalue weighted by Gasteiger charge is 2.18. The molecule has 2 aliphatic heterocycles. The summed E-state index contributed by atoms with van der Waals surface area (Å²) >= 11 is 1.96. The summed E-state index contributed by atoms with van der Waals surface area (Å²) in [5.74, 6) is 3.96. The fourth-order valence-electron chi connectivity index (χ4n) is 2.18. The van der Waals surface area contributed by atoms with Crippen molar-refractivity contribution < 1.29 is 4.79 Å². The Labute approximate surface area is 116 Å². The molecule has 2 fully saturated rings. The van der Waals surface area contributed by atoms with Gasteiger partial charge in [-0.05, 0) is 19.3 Å². The lowest BCUT2D eigenvalue weighted by Gasteiger charge is -2.26. The molecule has 2 rings (SSSR count). The number of nitrogens with zero attached hydrogens (tertiary/aromatic N) is 1.